The Balaban J connectivity index is 2.13. The number of anilines is 1. The summed E-state index contributed by atoms with van der Waals surface area (Å²) < 4.78 is 26.1. The second kappa shape index (κ2) is 8.05. The summed E-state index contributed by atoms with van der Waals surface area (Å²) in [6.45, 7) is 5.17. The Morgan fingerprint density at radius 1 is 1.12 bits per heavy atom. The van der Waals surface area contributed by atoms with E-state index in [0.29, 0.717) is 13.2 Å². The highest BCUT2D eigenvalue weighted by atomic mass is 79.9. The van der Waals surface area contributed by atoms with Crippen molar-refractivity contribution in [2.45, 2.75) is 26.1 Å². The number of fused-ring (bicyclic) bond motifs is 1. The molecule has 0 aliphatic carbocycles. The third-order valence-corrected chi connectivity index (χ3v) is 7.19. The average Bonchev–Trinajstić information content (AvgIpc) is 2.61. The van der Waals surface area contributed by atoms with E-state index in [4.69, 9.17) is 9.05 Å². The van der Waals surface area contributed by atoms with E-state index in [0.717, 1.165) is 28.7 Å². The van der Waals surface area contributed by atoms with Crippen LogP contribution in [0.25, 0.3) is 0 Å². The predicted octanol–water partition coefficient (Wildman–Crippen LogP) is 5.78. The minimum atomic E-state index is -3.35. The van der Waals surface area contributed by atoms with E-state index in [-0.39, 0.29) is 0 Å². The Morgan fingerprint density at radius 3 is 2.52 bits per heavy atom. The first kappa shape index (κ1) is 18.7. The van der Waals surface area contributed by atoms with Gasteiger partial charge in [-0.1, -0.05) is 46.3 Å². The number of halogens is 1. The molecule has 0 spiro atoms. The van der Waals surface area contributed by atoms with Crippen molar-refractivity contribution >= 4 is 29.2 Å². The molecule has 3 rings (SSSR count). The minimum Gasteiger partial charge on any atom is -0.353 e. The van der Waals surface area contributed by atoms with E-state index in [1.807, 2.05) is 56.3 Å². The van der Waals surface area contributed by atoms with Gasteiger partial charge in [0.1, 0.15) is 0 Å². The zero-order valence-corrected chi connectivity index (χ0v) is 17.0. The lowest BCUT2D eigenvalue weighted by atomic mass is 9.99. The Hall–Kier alpha value is -1.13. The molecule has 0 amide bonds. The van der Waals surface area contributed by atoms with Gasteiger partial charge in [0, 0.05) is 16.7 Å². The van der Waals surface area contributed by atoms with Crippen LogP contribution in [0.3, 0.4) is 0 Å². The van der Waals surface area contributed by atoms with Crippen LogP contribution in [0.15, 0.2) is 53.0 Å². The molecule has 6 heteroatoms. The summed E-state index contributed by atoms with van der Waals surface area (Å²) in [5, 5.41) is 0. The van der Waals surface area contributed by atoms with Gasteiger partial charge in [-0.25, -0.2) is 0 Å². The standard InChI is InChI=1S/C19H23BrNO3P/c1-3-23-25(22,24-4-2)19-18-11-6-5-8-15(18)12-13-21(19)17-10-7-9-16(20)14-17/h5-11,14,19H,3-4,12-13H2,1-2H3. The van der Waals surface area contributed by atoms with Gasteiger partial charge in [-0.05, 0) is 49.6 Å². The van der Waals surface area contributed by atoms with E-state index in [9.17, 15) is 4.57 Å². The van der Waals surface area contributed by atoms with Gasteiger partial charge in [0.15, 0.2) is 5.78 Å². The predicted molar refractivity (Wildman–Crippen MR) is 105 cm³/mol. The van der Waals surface area contributed by atoms with Crippen LogP contribution < -0.4 is 4.90 Å². The van der Waals surface area contributed by atoms with Crippen LogP contribution in [0.4, 0.5) is 5.69 Å². The largest absolute Gasteiger partial charge is 0.357 e. The molecule has 0 aromatic heterocycles. The molecule has 0 bridgehead atoms. The molecule has 1 unspecified atom stereocenters. The van der Waals surface area contributed by atoms with Crippen molar-refractivity contribution in [1.82, 2.24) is 0 Å². The van der Waals surface area contributed by atoms with Crippen LogP contribution in [0.5, 0.6) is 0 Å². The van der Waals surface area contributed by atoms with Crippen molar-refractivity contribution in [3.63, 3.8) is 0 Å². The Morgan fingerprint density at radius 2 is 1.84 bits per heavy atom. The summed E-state index contributed by atoms with van der Waals surface area (Å²) in [7, 11) is -3.35. The van der Waals surface area contributed by atoms with E-state index in [2.05, 4.69) is 26.9 Å². The van der Waals surface area contributed by atoms with Crippen LogP contribution in [-0.4, -0.2) is 19.8 Å². The zero-order valence-electron chi connectivity index (χ0n) is 14.5. The lowest BCUT2D eigenvalue weighted by Gasteiger charge is -2.41. The molecule has 134 valence electrons. The highest BCUT2D eigenvalue weighted by Crippen LogP contribution is 2.64. The molecule has 0 fully saturated rings. The van der Waals surface area contributed by atoms with Crippen LogP contribution >= 0.6 is 23.5 Å². The summed E-state index contributed by atoms with van der Waals surface area (Å²) >= 11 is 3.53. The SMILES string of the molecule is CCOP(=O)(OCC)C1c2ccccc2CCN1c1cccc(Br)c1. The van der Waals surface area contributed by atoms with Gasteiger partial charge in [-0.15, -0.1) is 0 Å². The second-order valence-electron chi connectivity index (χ2n) is 5.87. The van der Waals surface area contributed by atoms with Crippen LogP contribution in [0, 0.1) is 0 Å². The summed E-state index contributed by atoms with van der Waals surface area (Å²) in [5.41, 5.74) is 3.24. The van der Waals surface area contributed by atoms with Gasteiger partial charge in [-0.3, -0.25) is 4.57 Å². The number of hydrogen-bond acceptors (Lipinski definition) is 4. The molecule has 2 aromatic carbocycles. The maximum atomic E-state index is 13.7. The fourth-order valence-corrected chi connectivity index (χ4v) is 6.00. The zero-order chi connectivity index (χ0) is 17.9. The first-order valence-corrected chi connectivity index (χ1v) is 11.0. The fourth-order valence-electron chi connectivity index (χ4n) is 3.35. The molecule has 0 saturated carbocycles. The average molecular weight is 424 g/mol. The number of rotatable bonds is 6. The van der Waals surface area contributed by atoms with Crippen molar-refractivity contribution in [2.24, 2.45) is 0 Å². The third-order valence-electron chi connectivity index (χ3n) is 4.31. The minimum absolute atomic E-state index is 0.349. The van der Waals surface area contributed by atoms with Gasteiger partial charge in [0.25, 0.3) is 0 Å². The van der Waals surface area contributed by atoms with Crippen molar-refractivity contribution in [1.29, 1.82) is 0 Å². The fraction of sp³-hybridized carbons (Fsp3) is 0.368. The normalized spacial score (nSPS) is 17.4. The molecule has 4 nitrogen and oxygen atoms in total. The summed E-state index contributed by atoms with van der Waals surface area (Å²) in [6.07, 6.45) is 0.900. The molecule has 1 aliphatic rings. The van der Waals surface area contributed by atoms with Gasteiger partial charge < -0.3 is 13.9 Å². The van der Waals surface area contributed by atoms with Crippen molar-refractivity contribution < 1.29 is 13.6 Å². The quantitative estimate of drug-likeness (QED) is 0.552. The van der Waals surface area contributed by atoms with E-state index >= 15 is 0 Å². The smallest absolute Gasteiger partial charge is 0.353 e. The van der Waals surface area contributed by atoms with Crippen molar-refractivity contribution in [3.05, 3.63) is 64.1 Å². The molecule has 0 saturated heterocycles. The van der Waals surface area contributed by atoms with Crippen molar-refractivity contribution in [3.8, 4) is 0 Å². The Labute approximate surface area is 157 Å². The van der Waals surface area contributed by atoms with E-state index < -0.39 is 13.4 Å². The summed E-state index contributed by atoms with van der Waals surface area (Å²) in [6, 6.07) is 16.2. The van der Waals surface area contributed by atoms with Gasteiger partial charge in [0.2, 0.25) is 0 Å². The number of benzene rings is 2. The highest BCUT2D eigenvalue weighted by Gasteiger charge is 2.44. The summed E-state index contributed by atoms with van der Waals surface area (Å²) in [5.74, 6) is -0.438. The lowest BCUT2D eigenvalue weighted by Crippen LogP contribution is -2.36. The first-order valence-electron chi connectivity index (χ1n) is 8.58. The van der Waals surface area contributed by atoms with Gasteiger partial charge in [-0.2, -0.15) is 0 Å². The van der Waals surface area contributed by atoms with Crippen LogP contribution in [0.1, 0.15) is 30.8 Å². The van der Waals surface area contributed by atoms with Crippen molar-refractivity contribution in [2.75, 3.05) is 24.7 Å². The van der Waals surface area contributed by atoms with Crippen LogP contribution in [-0.2, 0) is 20.0 Å². The lowest BCUT2D eigenvalue weighted by molar-refractivity contribution is 0.210. The molecule has 0 radical (unpaired) electrons. The maximum absolute atomic E-state index is 13.7. The summed E-state index contributed by atoms with van der Waals surface area (Å²) in [4.78, 5) is 2.15. The highest BCUT2D eigenvalue weighted by molar-refractivity contribution is 9.10. The van der Waals surface area contributed by atoms with E-state index in [1.165, 1.54) is 5.56 Å². The molecule has 2 aromatic rings. The number of hydrogen-bond donors (Lipinski definition) is 0. The van der Waals surface area contributed by atoms with Gasteiger partial charge >= 0.3 is 7.60 Å². The molecule has 1 atom stereocenters. The topological polar surface area (TPSA) is 38.8 Å². The molecular formula is C19H23BrNO3P. The Kier molecular flexibility index (Phi) is 6.00. The number of nitrogens with zero attached hydrogens (tertiary/aromatic N) is 1. The van der Waals surface area contributed by atoms with E-state index in [1.54, 1.807) is 0 Å². The van der Waals surface area contributed by atoms with Crippen LogP contribution in [0.2, 0.25) is 0 Å². The second-order valence-corrected chi connectivity index (χ2v) is 8.87. The third kappa shape index (κ3) is 3.85. The molecule has 1 heterocycles. The van der Waals surface area contributed by atoms with Gasteiger partial charge in [0.05, 0.1) is 13.2 Å². The molecule has 1 aliphatic heterocycles. The molecular weight excluding hydrogens is 401 g/mol. The molecule has 25 heavy (non-hydrogen) atoms. The monoisotopic (exact) mass is 423 g/mol. The molecule has 0 N–H and O–H groups in total. The Bertz CT molecular complexity index is 773. The first-order chi connectivity index (χ1) is 12.1. The maximum Gasteiger partial charge on any atom is 0.357 e.